The molecule has 0 amide bonds. The van der Waals surface area contributed by atoms with Gasteiger partial charge in [0.2, 0.25) is 0 Å². The van der Waals surface area contributed by atoms with Crippen LogP contribution in [0.1, 0.15) is 31.7 Å². The standard InChI is InChI=1S/C12H20F3N3/c1-4-9-6-11(18(3)17-9)7-10(16-5-2)8-12(13,14)15/h6,10,16H,4-5,7-8H2,1-3H3. The lowest BCUT2D eigenvalue weighted by molar-refractivity contribution is -0.139. The maximum atomic E-state index is 12.4. The number of aryl methyl sites for hydroxylation is 2. The second-order valence-corrected chi connectivity index (χ2v) is 4.38. The van der Waals surface area contributed by atoms with Crippen molar-refractivity contribution in [1.82, 2.24) is 15.1 Å². The summed E-state index contributed by atoms with van der Waals surface area (Å²) in [6, 6.07) is 1.29. The smallest absolute Gasteiger partial charge is 0.314 e. The molecule has 18 heavy (non-hydrogen) atoms. The summed E-state index contributed by atoms with van der Waals surface area (Å²) in [4.78, 5) is 0. The molecule has 0 fully saturated rings. The van der Waals surface area contributed by atoms with Crippen LogP contribution in [0.25, 0.3) is 0 Å². The fraction of sp³-hybridized carbons (Fsp3) is 0.750. The normalized spacial score (nSPS) is 13.9. The number of hydrogen-bond donors (Lipinski definition) is 1. The summed E-state index contributed by atoms with van der Waals surface area (Å²) >= 11 is 0. The maximum absolute atomic E-state index is 12.4. The van der Waals surface area contributed by atoms with Crippen LogP contribution in [-0.4, -0.2) is 28.5 Å². The number of aromatic nitrogens is 2. The summed E-state index contributed by atoms with van der Waals surface area (Å²) in [5.41, 5.74) is 1.75. The van der Waals surface area contributed by atoms with Crippen LogP contribution in [0.15, 0.2) is 6.07 Å². The zero-order valence-corrected chi connectivity index (χ0v) is 11.0. The Kier molecular flexibility index (Phi) is 5.19. The van der Waals surface area contributed by atoms with Gasteiger partial charge in [-0.25, -0.2) is 0 Å². The molecule has 0 saturated carbocycles. The minimum absolute atomic E-state index is 0.344. The molecule has 1 atom stereocenters. The van der Waals surface area contributed by atoms with E-state index in [4.69, 9.17) is 0 Å². The highest BCUT2D eigenvalue weighted by Gasteiger charge is 2.31. The first-order valence-electron chi connectivity index (χ1n) is 6.17. The van der Waals surface area contributed by atoms with Gasteiger partial charge in [-0.05, 0) is 19.0 Å². The van der Waals surface area contributed by atoms with E-state index < -0.39 is 18.6 Å². The first-order chi connectivity index (χ1) is 8.35. The van der Waals surface area contributed by atoms with E-state index in [9.17, 15) is 13.2 Å². The summed E-state index contributed by atoms with van der Waals surface area (Å²) in [5.74, 6) is 0. The molecule has 0 aliphatic heterocycles. The van der Waals surface area contributed by atoms with Gasteiger partial charge >= 0.3 is 6.18 Å². The largest absolute Gasteiger partial charge is 0.390 e. The number of nitrogens with zero attached hydrogens (tertiary/aromatic N) is 2. The molecule has 1 N–H and O–H groups in total. The Morgan fingerprint density at radius 1 is 1.39 bits per heavy atom. The van der Waals surface area contributed by atoms with Gasteiger partial charge in [-0.3, -0.25) is 4.68 Å². The molecule has 1 unspecified atom stereocenters. The number of halogens is 3. The average molecular weight is 263 g/mol. The molecule has 0 radical (unpaired) electrons. The maximum Gasteiger partial charge on any atom is 0.390 e. The molecule has 1 aromatic rings. The van der Waals surface area contributed by atoms with E-state index in [1.54, 1.807) is 11.7 Å². The monoisotopic (exact) mass is 263 g/mol. The van der Waals surface area contributed by atoms with Crippen molar-refractivity contribution in [3.8, 4) is 0 Å². The van der Waals surface area contributed by atoms with Crippen LogP contribution in [0.3, 0.4) is 0 Å². The number of nitrogens with one attached hydrogen (secondary N) is 1. The van der Waals surface area contributed by atoms with Crippen LogP contribution in [0, 0.1) is 0 Å². The van der Waals surface area contributed by atoms with E-state index in [1.807, 2.05) is 19.9 Å². The quantitative estimate of drug-likeness (QED) is 0.854. The van der Waals surface area contributed by atoms with Gasteiger partial charge in [0.1, 0.15) is 0 Å². The van der Waals surface area contributed by atoms with Gasteiger partial charge in [-0.1, -0.05) is 13.8 Å². The second-order valence-electron chi connectivity index (χ2n) is 4.38. The zero-order valence-electron chi connectivity index (χ0n) is 11.0. The first kappa shape index (κ1) is 15.0. The predicted molar refractivity (Wildman–Crippen MR) is 64.4 cm³/mol. The molecule has 0 saturated heterocycles. The number of likely N-dealkylation sites (N-methyl/N-ethyl adjacent to an activating group) is 1. The Balaban J connectivity index is 2.72. The molecule has 3 nitrogen and oxygen atoms in total. The third kappa shape index (κ3) is 4.68. The van der Waals surface area contributed by atoms with E-state index in [-0.39, 0.29) is 0 Å². The molecular weight excluding hydrogens is 243 g/mol. The van der Waals surface area contributed by atoms with E-state index in [0.717, 1.165) is 17.8 Å². The number of hydrogen-bond acceptors (Lipinski definition) is 2. The molecular formula is C12H20F3N3. The number of alkyl halides is 3. The Bertz CT molecular complexity index is 371. The van der Waals surface area contributed by atoms with E-state index >= 15 is 0 Å². The molecule has 0 aliphatic carbocycles. The molecule has 0 aliphatic rings. The van der Waals surface area contributed by atoms with Crippen molar-refractivity contribution in [3.05, 3.63) is 17.5 Å². The van der Waals surface area contributed by atoms with Crippen LogP contribution in [0.4, 0.5) is 13.2 Å². The van der Waals surface area contributed by atoms with Crippen molar-refractivity contribution in [1.29, 1.82) is 0 Å². The van der Waals surface area contributed by atoms with Gasteiger partial charge in [-0.2, -0.15) is 18.3 Å². The summed E-state index contributed by atoms with van der Waals surface area (Å²) in [7, 11) is 1.77. The van der Waals surface area contributed by atoms with E-state index in [1.165, 1.54) is 0 Å². The highest BCUT2D eigenvalue weighted by Crippen LogP contribution is 2.23. The van der Waals surface area contributed by atoms with Crippen molar-refractivity contribution in [2.24, 2.45) is 7.05 Å². The fourth-order valence-corrected chi connectivity index (χ4v) is 1.97. The molecule has 0 bridgehead atoms. The minimum atomic E-state index is -4.14. The Morgan fingerprint density at radius 2 is 2.06 bits per heavy atom. The van der Waals surface area contributed by atoms with Gasteiger partial charge in [-0.15, -0.1) is 0 Å². The summed E-state index contributed by atoms with van der Waals surface area (Å²) in [6.45, 7) is 4.31. The highest BCUT2D eigenvalue weighted by atomic mass is 19.4. The summed E-state index contributed by atoms with van der Waals surface area (Å²) in [6.07, 6.45) is -3.82. The topological polar surface area (TPSA) is 29.9 Å². The van der Waals surface area contributed by atoms with E-state index in [0.29, 0.717) is 13.0 Å². The Morgan fingerprint density at radius 3 is 2.50 bits per heavy atom. The highest BCUT2D eigenvalue weighted by molar-refractivity contribution is 5.11. The van der Waals surface area contributed by atoms with Gasteiger partial charge in [0, 0.05) is 25.2 Å². The van der Waals surface area contributed by atoms with Gasteiger partial charge in [0.15, 0.2) is 0 Å². The average Bonchev–Trinajstić information content (AvgIpc) is 2.58. The summed E-state index contributed by atoms with van der Waals surface area (Å²) < 4.78 is 39.0. The van der Waals surface area contributed by atoms with Crippen molar-refractivity contribution in [2.45, 2.75) is 45.3 Å². The lowest BCUT2D eigenvalue weighted by Crippen LogP contribution is -2.35. The molecule has 1 aromatic heterocycles. The molecule has 0 spiro atoms. The lowest BCUT2D eigenvalue weighted by atomic mass is 10.1. The van der Waals surface area contributed by atoms with Crippen LogP contribution in [-0.2, 0) is 19.9 Å². The van der Waals surface area contributed by atoms with Crippen LogP contribution >= 0.6 is 0 Å². The van der Waals surface area contributed by atoms with Crippen molar-refractivity contribution >= 4 is 0 Å². The van der Waals surface area contributed by atoms with Crippen molar-refractivity contribution < 1.29 is 13.2 Å². The lowest BCUT2D eigenvalue weighted by Gasteiger charge is -2.19. The molecule has 1 heterocycles. The first-order valence-corrected chi connectivity index (χ1v) is 6.17. The summed E-state index contributed by atoms with van der Waals surface area (Å²) in [5, 5.41) is 7.13. The second kappa shape index (κ2) is 6.22. The number of rotatable bonds is 6. The van der Waals surface area contributed by atoms with Gasteiger partial charge < -0.3 is 5.32 Å². The Labute approximate surface area is 105 Å². The fourth-order valence-electron chi connectivity index (χ4n) is 1.97. The zero-order chi connectivity index (χ0) is 13.8. The molecule has 6 heteroatoms. The van der Waals surface area contributed by atoms with Crippen LogP contribution in [0.5, 0.6) is 0 Å². The van der Waals surface area contributed by atoms with Crippen LogP contribution in [0.2, 0.25) is 0 Å². The minimum Gasteiger partial charge on any atom is -0.314 e. The predicted octanol–water partition coefficient (Wildman–Crippen LogP) is 2.46. The van der Waals surface area contributed by atoms with E-state index in [2.05, 4.69) is 10.4 Å². The SMILES string of the molecule is CCNC(Cc1cc(CC)nn1C)CC(F)(F)F. The molecule has 1 rings (SSSR count). The van der Waals surface area contributed by atoms with Crippen molar-refractivity contribution in [3.63, 3.8) is 0 Å². The van der Waals surface area contributed by atoms with Gasteiger partial charge in [0.05, 0.1) is 12.1 Å². The van der Waals surface area contributed by atoms with Crippen LogP contribution < -0.4 is 5.32 Å². The third-order valence-electron chi connectivity index (χ3n) is 2.82. The van der Waals surface area contributed by atoms with Crippen molar-refractivity contribution in [2.75, 3.05) is 6.54 Å². The molecule has 104 valence electrons. The molecule has 0 aromatic carbocycles. The van der Waals surface area contributed by atoms with Gasteiger partial charge in [0.25, 0.3) is 0 Å². The Hall–Kier alpha value is -1.04. The third-order valence-corrected chi connectivity index (χ3v) is 2.82.